The van der Waals surface area contributed by atoms with Crippen LogP contribution in [0.25, 0.3) is 0 Å². The highest BCUT2D eigenvalue weighted by Crippen LogP contribution is 2.23. The predicted octanol–water partition coefficient (Wildman–Crippen LogP) is 2.49. The fourth-order valence-corrected chi connectivity index (χ4v) is 1.75. The van der Waals surface area contributed by atoms with Crippen molar-refractivity contribution in [3.8, 4) is 0 Å². The second kappa shape index (κ2) is 5.99. The average molecular weight is 277 g/mol. The number of nitrogens with zero attached hydrogens (tertiary/aromatic N) is 2. The molecule has 18 heavy (non-hydrogen) atoms. The first-order valence-corrected chi connectivity index (χ1v) is 5.82. The first-order valence-electron chi connectivity index (χ1n) is 5.41. The van der Waals surface area contributed by atoms with Crippen molar-refractivity contribution in [3.05, 3.63) is 23.9 Å². The van der Waals surface area contributed by atoms with Gasteiger partial charge in [-0.15, -0.1) is 0 Å². The van der Waals surface area contributed by atoms with Gasteiger partial charge in [0.15, 0.2) is 0 Å². The molecule has 0 aromatic carbocycles. The number of anilines is 1. The van der Waals surface area contributed by atoms with Gasteiger partial charge in [-0.1, -0.05) is 19.1 Å². The van der Waals surface area contributed by atoms with Crippen molar-refractivity contribution in [3.63, 3.8) is 0 Å². The summed E-state index contributed by atoms with van der Waals surface area (Å²) < 4.78 is 37.5. The minimum atomic E-state index is -4.29. The first-order chi connectivity index (χ1) is 8.35. The Morgan fingerprint density at radius 1 is 1.50 bits per heavy atom. The van der Waals surface area contributed by atoms with E-state index >= 15 is 0 Å². The third kappa shape index (κ3) is 4.14. The van der Waals surface area contributed by atoms with E-state index in [1.165, 1.54) is 6.20 Å². The Balaban J connectivity index is 3.09. The predicted molar refractivity (Wildman–Crippen MR) is 68.7 cm³/mol. The van der Waals surface area contributed by atoms with E-state index in [-0.39, 0.29) is 17.4 Å². The molecular weight excluding hydrogens is 263 g/mol. The molecule has 0 radical (unpaired) electrons. The molecule has 2 N–H and O–H groups in total. The normalized spacial score (nSPS) is 11.3. The number of hydrogen-bond acceptors (Lipinski definition) is 3. The molecule has 0 aliphatic carbocycles. The zero-order valence-electron chi connectivity index (χ0n) is 9.87. The number of thiocarbonyl (C=S) groups is 1. The van der Waals surface area contributed by atoms with Gasteiger partial charge in [-0.25, -0.2) is 4.98 Å². The number of rotatable bonds is 5. The lowest BCUT2D eigenvalue weighted by Crippen LogP contribution is -2.36. The van der Waals surface area contributed by atoms with Gasteiger partial charge in [-0.05, 0) is 18.6 Å². The van der Waals surface area contributed by atoms with Gasteiger partial charge >= 0.3 is 6.18 Å². The Morgan fingerprint density at radius 2 is 2.17 bits per heavy atom. The lowest BCUT2D eigenvalue weighted by atomic mass is 10.2. The van der Waals surface area contributed by atoms with Gasteiger partial charge < -0.3 is 10.6 Å². The van der Waals surface area contributed by atoms with Crippen LogP contribution in [0.4, 0.5) is 19.0 Å². The standard InChI is InChI=1S/C11H14F3N3S/c1-2-6-17(7-11(12,13)14)10-8(9(15)18)4-3-5-16-10/h3-5H,2,6-7H2,1H3,(H2,15,18). The van der Waals surface area contributed by atoms with Crippen LogP contribution in [0.15, 0.2) is 18.3 Å². The van der Waals surface area contributed by atoms with Crippen molar-refractivity contribution in [1.29, 1.82) is 0 Å². The van der Waals surface area contributed by atoms with E-state index in [4.69, 9.17) is 18.0 Å². The van der Waals surface area contributed by atoms with Crippen LogP contribution < -0.4 is 10.6 Å². The molecule has 0 atom stereocenters. The van der Waals surface area contributed by atoms with Gasteiger partial charge in [0.2, 0.25) is 0 Å². The smallest absolute Gasteiger partial charge is 0.389 e. The molecule has 7 heteroatoms. The van der Waals surface area contributed by atoms with Crippen LogP contribution in [0.2, 0.25) is 0 Å². The van der Waals surface area contributed by atoms with Crippen LogP contribution in [0.5, 0.6) is 0 Å². The second-order valence-corrected chi connectivity index (χ2v) is 4.22. The zero-order chi connectivity index (χ0) is 13.8. The summed E-state index contributed by atoms with van der Waals surface area (Å²) in [4.78, 5) is 5.15. The maximum Gasteiger partial charge on any atom is 0.405 e. The maximum atomic E-state index is 12.5. The van der Waals surface area contributed by atoms with E-state index in [9.17, 15) is 13.2 Å². The van der Waals surface area contributed by atoms with Crippen LogP contribution in [0.3, 0.4) is 0 Å². The van der Waals surface area contributed by atoms with Crippen LogP contribution in [-0.2, 0) is 0 Å². The third-order valence-corrected chi connectivity index (χ3v) is 2.44. The summed E-state index contributed by atoms with van der Waals surface area (Å²) in [5, 5.41) is 0. The van der Waals surface area contributed by atoms with Crippen LogP contribution in [0, 0.1) is 0 Å². The van der Waals surface area contributed by atoms with Crippen molar-refractivity contribution in [2.45, 2.75) is 19.5 Å². The molecule has 0 spiro atoms. The number of halogens is 3. The molecule has 0 unspecified atom stereocenters. The van der Waals surface area contributed by atoms with Crippen LogP contribution in [0.1, 0.15) is 18.9 Å². The largest absolute Gasteiger partial charge is 0.405 e. The molecule has 0 saturated heterocycles. The number of pyridine rings is 1. The number of hydrogen-bond donors (Lipinski definition) is 1. The Labute approximate surface area is 109 Å². The van der Waals surface area contributed by atoms with Gasteiger partial charge in [-0.3, -0.25) is 0 Å². The molecule has 1 aromatic rings. The molecule has 100 valence electrons. The molecule has 0 aliphatic rings. The van der Waals surface area contributed by atoms with Gasteiger partial charge in [-0.2, -0.15) is 13.2 Å². The third-order valence-electron chi connectivity index (χ3n) is 2.22. The van der Waals surface area contributed by atoms with E-state index in [1.807, 2.05) is 0 Å². The van der Waals surface area contributed by atoms with Crippen molar-refractivity contribution in [1.82, 2.24) is 4.98 Å². The maximum absolute atomic E-state index is 12.5. The summed E-state index contributed by atoms with van der Waals surface area (Å²) >= 11 is 4.82. The minimum Gasteiger partial charge on any atom is -0.389 e. The lowest BCUT2D eigenvalue weighted by molar-refractivity contribution is -0.119. The highest BCUT2D eigenvalue weighted by Gasteiger charge is 2.32. The summed E-state index contributed by atoms with van der Waals surface area (Å²) in [6, 6.07) is 3.17. The summed E-state index contributed by atoms with van der Waals surface area (Å²) in [7, 11) is 0. The van der Waals surface area contributed by atoms with E-state index in [1.54, 1.807) is 19.1 Å². The Bertz CT molecular complexity index is 420. The highest BCUT2D eigenvalue weighted by molar-refractivity contribution is 7.80. The molecule has 1 heterocycles. The monoisotopic (exact) mass is 277 g/mol. The van der Waals surface area contributed by atoms with E-state index in [0.29, 0.717) is 12.0 Å². The number of nitrogens with two attached hydrogens (primary N) is 1. The molecule has 0 fully saturated rings. The molecule has 0 aliphatic heterocycles. The molecular formula is C11H14F3N3S. The molecule has 1 rings (SSSR count). The highest BCUT2D eigenvalue weighted by atomic mass is 32.1. The van der Waals surface area contributed by atoms with Crippen LogP contribution >= 0.6 is 12.2 Å². The fraction of sp³-hybridized carbons (Fsp3) is 0.455. The SMILES string of the molecule is CCCN(CC(F)(F)F)c1ncccc1C(N)=S. The lowest BCUT2D eigenvalue weighted by Gasteiger charge is -2.26. The van der Waals surface area contributed by atoms with E-state index in [0.717, 1.165) is 4.90 Å². The topological polar surface area (TPSA) is 42.2 Å². The van der Waals surface area contributed by atoms with Gasteiger partial charge in [0.25, 0.3) is 0 Å². The van der Waals surface area contributed by atoms with Crippen molar-refractivity contribution < 1.29 is 13.2 Å². The van der Waals surface area contributed by atoms with Gasteiger partial charge in [0, 0.05) is 12.7 Å². The number of alkyl halides is 3. The molecule has 0 amide bonds. The molecule has 3 nitrogen and oxygen atoms in total. The van der Waals surface area contributed by atoms with Crippen molar-refractivity contribution in [2.75, 3.05) is 18.0 Å². The van der Waals surface area contributed by atoms with Crippen molar-refractivity contribution >= 4 is 23.0 Å². The van der Waals surface area contributed by atoms with Gasteiger partial charge in [0.05, 0.1) is 5.56 Å². The van der Waals surface area contributed by atoms with E-state index in [2.05, 4.69) is 4.98 Å². The Hall–Kier alpha value is -1.37. The molecule has 1 aromatic heterocycles. The minimum absolute atomic E-state index is 0.0429. The molecule has 0 saturated carbocycles. The van der Waals surface area contributed by atoms with E-state index < -0.39 is 12.7 Å². The quantitative estimate of drug-likeness (QED) is 0.840. The summed E-state index contributed by atoms with van der Waals surface area (Å²) in [6.07, 6.45) is -2.29. The second-order valence-electron chi connectivity index (χ2n) is 3.78. The summed E-state index contributed by atoms with van der Waals surface area (Å²) in [6.45, 7) is 0.979. The van der Waals surface area contributed by atoms with Crippen molar-refractivity contribution in [2.24, 2.45) is 5.73 Å². The summed E-state index contributed by atoms with van der Waals surface area (Å²) in [5.74, 6) is 0.184. The molecule has 0 bridgehead atoms. The average Bonchev–Trinajstić information content (AvgIpc) is 2.26. The van der Waals surface area contributed by atoms with Gasteiger partial charge in [0.1, 0.15) is 17.4 Å². The number of aromatic nitrogens is 1. The first kappa shape index (κ1) is 14.7. The zero-order valence-corrected chi connectivity index (χ0v) is 10.7. The fourth-order valence-electron chi connectivity index (χ4n) is 1.59. The Kier molecular flexibility index (Phi) is 4.89. The van der Waals surface area contributed by atoms with Crippen LogP contribution in [-0.4, -0.2) is 29.2 Å². The Morgan fingerprint density at radius 3 is 2.67 bits per heavy atom. The summed E-state index contributed by atoms with van der Waals surface area (Å²) in [5.41, 5.74) is 5.86.